The molecular weight excluding hydrogens is 278 g/mol. The number of likely N-dealkylation sites (tertiary alicyclic amines) is 1. The molecule has 1 aliphatic rings. The Balaban J connectivity index is 1.85. The summed E-state index contributed by atoms with van der Waals surface area (Å²) >= 11 is 0. The molecule has 0 saturated carbocycles. The van der Waals surface area contributed by atoms with Crippen LogP contribution in [0.1, 0.15) is 19.8 Å². The average molecular weight is 303 g/mol. The largest absolute Gasteiger partial charge is 0.493 e. The fraction of sp³-hybridized carbons (Fsp3) is 0.556. The normalized spacial score (nSPS) is 18.2. The molecule has 0 amide bonds. The summed E-state index contributed by atoms with van der Waals surface area (Å²) in [6.45, 7) is 5.75. The number of nitrogens with zero attached hydrogens (tertiary/aromatic N) is 1. The standard InChI is InChI=1S/C18H25NO3/c1-15-8-7-12-19(14-15)11-4-5-13-22-18-16(20-2)9-6-10-17(18)21-3/h6,9-10,15H,7-8,11-14H2,1-3H3/t15-/m0/s1. The van der Waals surface area contributed by atoms with Gasteiger partial charge in [0, 0.05) is 6.54 Å². The maximum absolute atomic E-state index is 5.72. The van der Waals surface area contributed by atoms with E-state index in [1.165, 1.54) is 12.8 Å². The monoisotopic (exact) mass is 303 g/mol. The van der Waals surface area contributed by atoms with Crippen LogP contribution in [-0.2, 0) is 0 Å². The van der Waals surface area contributed by atoms with Crippen molar-refractivity contribution < 1.29 is 14.2 Å². The Bertz CT molecular complexity index is 511. The Morgan fingerprint density at radius 2 is 1.91 bits per heavy atom. The lowest BCUT2D eigenvalue weighted by molar-refractivity contribution is 0.204. The zero-order chi connectivity index (χ0) is 15.8. The zero-order valence-electron chi connectivity index (χ0n) is 13.7. The molecule has 1 heterocycles. The van der Waals surface area contributed by atoms with Gasteiger partial charge in [0.25, 0.3) is 0 Å². The van der Waals surface area contributed by atoms with Crippen molar-refractivity contribution in [3.8, 4) is 29.1 Å². The molecular formula is C18H25NO3. The van der Waals surface area contributed by atoms with Crippen LogP contribution in [0, 0.1) is 17.8 Å². The van der Waals surface area contributed by atoms with Gasteiger partial charge in [-0.15, -0.1) is 0 Å². The first-order chi connectivity index (χ1) is 10.7. The van der Waals surface area contributed by atoms with E-state index >= 15 is 0 Å². The minimum absolute atomic E-state index is 0.333. The van der Waals surface area contributed by atoms with Crippen LogP contribution in [0.2, 0.25) is 0 Å². The summed E-state index contributed by atoms with van der Waals surface area (Å²) in [6, 6.07) is 5.56. The van der Waals surface area contributed by atoms with Crippen molar-refractivity contribution >= 4 is 0 Å². The number of rotatable bonds is 5. The topological polar surface area (TPSA) is 30.9 Å². The van der Waals surface area contributed by atoms with Crippen molar-refractivity contribution in [2.75, 3.05) is 40.5 Å². The minimum Gasteiger partial charge on any atom is -0.493 e. The molecule has 1 aromatic carbocycles. The third kappa shape index (κ3) is 4.57. The van der Waals surface area contributed by atoms with Gasteiger partial charge in [-0.1, -0.05) is 24.8 Å². The third-order valence-electron chi connectivity index (χ3n) is 3.84. The maximum atomic E-state index is 5.72. The van der Waals surface area contributed by atoms with Crippen LogP contribution in [-0.4, -0.2) is 45.4 Å². The molecule has 120 valence electrons. The van der Waals surface area contributed by atoms with E-state index in [1.54, 1.807) is 14.2 Å². The summed E-state index contributed by atoms with van der Waals surface area (Å²) in [5.74, 6) is 8.97. The van der Waals surface area contributed by atoms with E-state index in [2.05, 4.69) is 23.7 Å². The molecule has 0 spiro atoms. The fourth-order valence-electron chi connectivity index (χ4n) is 2.72. The molecule has 0 unspecified atom stereocenters. The highest BCUT2D eigenvalue weighted by molar-refractivity contribution is 5.51. The van der Waals surface area contributed by atoms with Gasteiger partial charge in [-0.2, -0.15) is 0 Å². The van der Waals surface area contributed by atoms with E-state index in [9.17, 15) is 0 Å². The molecule has 4 heteroatoms. The molecule has 0 radical (unpaired) electrons. The summed E-state index contributed by atoms with van der Waals surface area (Å²) in [6.07, 6.45) is 2.61. The first kappa shape index (κ1) is 16.5. The second-order valence-corrected chi connectivity index (χ2v) is 5.62. The third-order valence-corrected chi connectivity index (χ3v) is 3.84. The predicted molar refractivity (Wildman–Crippen MR) is 87.7 cm³/mol. The van der Waals surface area contributed by atoms with Gasteiger partial charge in [0.2, 0.25) is 5.75 Å². The first-order valence-electron chi connectivity index (χ1n) is 7.76. The molecule has 1 fully saturated rings. The number of ether oxygens (including phenoxy) is 3. The minimum atomic E-state index is 0.333. The number of hydrogen-bond donors (Lipinski definition) is 0. The molecule has 0 aliphatic carbocycles. The van der Waals surface area contributed by atoms with Crippen molar-refractivity contribution in [2.24, 2.45) is 5.92 Å². The molecule has 22 heavy (non-hydrogen) atoms. The molecule has 4 nitrogen and oxygen atoms in total. The van der Waals surface area contributed by atoms with Crippen LogP contribution in [0.25, 0.3) is 0 Å². The van der Waals surface area contributed by atoms with Gasteiger partial charge >= 0.3 is 0 Å². The second-order valence-electron chi connectivity index (χ2n) is 5.62. The summed E-state index contributed by atoms with van der Waals surface area (Å²) in [7, 11) is 3.23. The quantitative estimate of drug-likeness (QED) is 0.783. The number of methoxy groups -OCH3 is 2. The Kier molecular flexibility index (Phi) is 6.42. The smallest absolute Gasteiger partial charge is 0.204 e. The maximum Gasteiger partial charge on any atom is 0.204 e. The van der Waals surface area contributed by atoms with Crippen LogP contribution in [0.5, 0.6) is 17.2 Å². The van der Waals surface area contributed by atoms with Gasteiger partial charge in [0.15, 0.2) is 11.5 Å². The average Bonchev–Trinajstić information content (AvgIpc) is 2.54. The molecule has 0 N–H and O–H groups in total. The lowest BCUT2D eigenvalue weighted by Crippen LogP contribution is -2.34. The highest BCUT2D eigenvalue weighted by Gasteiger charge is 2.14. The summed E-state index contributed by atoms with van der Waals surface area (Å²) in [4.78, 5) is 2.41. The van der Waals surface area contributed by atoms with E-state index < -0.39 is 0 Å². The Morgan fingerprint density at radius 1 is 1.18 bits per heavy atom. The molecule has 1 saturated heterocycles. The molecule has 1 aromatic rings. The molecule has 0 aromatic heterocycles. The van der Waals surface area contributed by atoms with E-state index in [-0.39, 0.29) is 0 Å². The van der Waals surface area contributed by atoms with Crippen molar-refractivity contribution in [3.63, 3.8) is 0 Å². The van der Waals surface area contributed by atoms with Gasteiger partial charge in [0.1, 0.15) is 6.61 Å². The lowest BCUT2D eigenvalue weighted by atomic mass is 10.0. The number of para-hydroxylation sites is 1. The second kappa shape index (κ2) is 8.55. The SMILES string of the molecule is COc1cccc(OC)c1OCC#CCN1CCC[C@H](C)C1. The van der Waals surface area contributed by atoms with Crippen molar-refractivity contribution in [1.29, 1.82) is 0 Å². The lowest BCUT2D eigenvalue weighted by Gasteiger charge is -2.28. The Hall–Kier alpha value is -1.86. The molecule has 1 atom stereocenters. The van der Waals surface area contributed by atoms with Crippen molar-refractivity contribution in [1.82, 2.24) is 4.90 Å². The summed E-state index contributed by atoms with van der Waals surface area (Å²) < 4.78 is 16.3. The van der Waals surface area contributed by atoms with Crippen LogP contribution >= 0.6 is 0 Å². The van der Waals surface area contributed by atoms with Gasteiger partial charge in [-0.05, 0) is 37.4 Å². The highest BCUT2D eigenvalue weighted by Crippen LogP contribution is 2.36. The number of hydrogen-bond acceptors (Lipinski definition) is 4. The summed E-state index contributed by atoms with van der Waals surface area (Å²) in [5, 5.41) is 0. The van der Waals surface area contributed by atoms with E-state index in [1.807, 2.05) is 18.2 Å². The van der Waals surface area contributed by atoms with Gasteiger partial charge in [-0.3, -0.25) is 4.90 Å². The number of benzene rings is 1. The van der Waals surface area contributed by atoms with Gasteiger partial charge in [-0.25, -0.2) is 0 Å². The molecule has 1 aliphatic heterocycles. The molecule has 2 rings (SSSR count). The van der Waals surface area contributed by atoms with Crippen LogP contribution in [0.3, 0.4) is 0 Å². The summed E-state index contributed by atoms with van der Waals surface area (Å²) in [5.41, 5.74) is 0. The van der Waals surface area contributed by atoms with Crippen LogP contribution in [0.4, 0.5) is 0 Å². The first-order valence-corrected chi connectivity index (χ1v) is 7.76. The van der Waals surface area contributed by atoms with E-state index in [4.69, 9.17) is 14.2 Å². The van der Waals surface area contributed by atoms with Crippen molar-refractivity contribution in [2.45, 2.75) is 19.8 Å². The molecule has 0 bridgehead atoms. The van der Waals surface area contributed by atoms with Gasteiger partial charge in [0.05, 0.1) is 20.8 Å². The van der Waals surface area contributed by atoms with Gasteiger partial charge < -0.3 is 14.2 Å². The number of piperidine rings is 1. The zero-order valence-corrected chi connectivity index (χ0v) is 13.7. The highest BCUT2D eigenvalue weighted by atomic mass is 16.5. The Labute approximate surface area is 133 Å². The van der Waals surface area contributed by atoms with Crippen LogP contribution < -0.4 is 14.2 Å². The van der Waals surface area contributed by atoms with E-state index in [0.29, 0.717) is 23.9 Å². The predicted octanol–water partition coefficient (Wildman–Crippen LogP) is 2.82. The Morgan fingerprint density at radius 3 is 2.55 bits per heavy atom. The van der Waals surface area contributed by atoms with Crippen molar-refractivity contribution in [3.05, 3.63) is 18.2 Å². The van der Waals surface area contributed by atoms with E-state index in [0.717, 1.165) is 25.6 Å². The fourth-order valence-corrected chi connectivity index (χ4v) is 2.72. The van der Waals surface area contributed by atoms with Crippen LogP contribution in [0.15, 0.2) is 18.2 Å².